The summed E-state index contributed by atoms with van der Waals surface area (Å²) in [5, 5.41) is 2.89. The lowest BCUT2D eigenvalue weighted by Gasteiger charge is -2.08. The molecular weight excluding hydrogens is 371 g/mol. The molecule has 0 radical (unpaired) electrons. The average Bonchev–Trinajstić information content (AvgIpc) is 3.04. The summed E-state index contributed by atoms with van der Waals surface area (Å²) in [4.78, 5) is 20.8. The average molecular weight is 390 g/mol. The van der Waals surface area contributed by atoms with E-state index in [0.717, 1.165) is 23.5 Å². The van der Waals surface area contributed by atoms with Crippen molar-refractivity contribution in [3.8, 4) is 11.6 Å². The number of rotatable bonds is 5. The normalized spacial score (nSPS) is 10.9. The summed E-state index contributed by atoms with van der Waals surface area (Å²) < 4.78 is 20.6. The summed E-state index contributed by atoms with van der Waals surface area (Å²) in [7, 11) is 0. The van der Waals surface area contributed by atoms with Crippen molar-refractivity contribution in [3.63, 3.8) is 0 Å². The number of hydrogen-bond donors (Lipinski definition) is 1. The van der Waals surface area contributed by atoms with Crippen LogP contribution in [-0.4, -0.2) is 20.3 Å². The van der Waals surface area contributed by atoms with Crippen molar-refractivity contribution in [2.24, 2.45) is 0 Å². The Labute approximate surface area is 167 Å². The maximum atomic E-state index is 13.1. The van der Waals surface area contributed by atoms with Crippen molar-refractivity contribution < 1.29 is 13.9 Å². The molecule has 6 nitrogen and oxygen atoms in total. The Hall–Kier alpha value is -3.74. The fourth-order valence-corrected chi connectivity index (χ4v) is 3.06. The first-order chi connectivity index (χ1) is 14.0. The van der Waals surface area contributed by atoms with Gasteiger partial charge in [-0.2, -0.15) is 9.37 Å². The second-order valence-electron chi connectivity index (χ2n) is 6.52. The highest BCUT2D eigenvalue weighted by molar-refractivity contribution is 6.04. The lowest BCUT2D eigenvalue weighted by molar-refractivity contribution is 0.102. The Morgan fingerprint density at radius 3 is 2.62 bits per heavy atom. The highest BCUT2D eigenvalue weighted by Crippen LogP contribution is 2.21. The standard InChI is InChI=1S/C22H19FN4O2/c1-3-18-14(2)27-13-16(9-12-20(27)25-18)24-22(28)15-7-10-17(11-8-15)29-21-6-4-5-19(23)26-21/h4-13H,3H2,1-2H3,(H,24,28). The third-order valence-electron chi connectivity index (χ3n) is 4.58. The van der Waals surface area contributed by atoms with E-state index in [4.69, 9.17) is 4.74 Å². The van der Waals surface area contributed by atoms with E-state index in [9.17, 15) is 9.18 Å². The molecule has 7 heteroatoms. The number of fused-ring (bicyclic) bond motifs is 1. The number of nitrogens with zero attached hydrogens (tertiary/aromatic N) is 3. The van der Waals surface area contributed by atoms with E-state index < -0.39 is 5.95 Å². The first-order valence-electron chi connectivity index (χ1n) is 9.23. The SMILES string of the molecule is CCc1nc2ccc(NC(=O)c3ccc(Oc4cccc(F)n4)cc3)cn2c1C. The predicted octanol–water partition coefficient (Wildman–Crippen LogP) is 4.78. The van der Waals surface area contributed by atoms with Gasteiger partial charge in [0.2, 0.25) is 11.8 Å². The lowest BCUT2D eigenvalue weighted by Crippen LogP contribution is -2.12. The Balaban J connectivity index is 1.48. The summed E-state index contributed by atoms with van der Waals surface area (Å²) in [6.45, 7) is 4.08. The van der Waals surface area contributed by atoms with Gasteiger partial charge in [-0.3, -0.25) is 4.79 Å². The highest BCUT2D eigenvalue weighted by Gasteiger charge is 2.10. The molecule has 0 aliphatic carbocycles. The zero-order valence-electron chi connectivity index (χ0n) is 16.0. The van der Waals surface area contributed by atoms with Crippen molar-refractivity contribution in [2.75, 3.05) is 5.32 Å². The smallest absolute Gasteiger partial charge is 0.255 e. The number of anilines is 1. The first kappa shape index (κ1) is 18.6. The zero-order valence-corrected chi connectivity index (χ0v) is 16.0. The number of benzene rings is 1. The molecule has 1 N–H and O–H groups in total. The summed E-state index contributed by atoms with van der Waals surface area (Å²) in [5.41, 5.74) is 4.10. The van der Waals surface area contributed by atoms with E-state index in [2.05, 4.69) is 22.2 Å². The molecule has 0 fully saturated rings. The van der Waals surface area contributed by atoms with Crippen molar-refractivity contribution in [1.29, 1.82) is 0 Å². The van der Waals surface area contributed by atoms with Crippen LogP contribution in [0, 0.1) is 12.9 Å². The lowest BCUT2D eigenvalue weighted by atomic mass is 10.2. The van der Waals surface area contributed by atoms with Crippen LogP contribution in [0.25, 0.3) is 5.65 Å². The summed E-state index contributed by atoms with van der Waals surface area (Å²) in [5.74, 6) is -0.247. The number of amides is 1. The van der Waals surface area contributed by atoms with Gasteiger partial charge in [0.1, 0.15) is 11.4 Å². The fraction of sp³-hybridized carbons (Fsp3) is 0.136. The van der Waals surface area contributed by atoms with Crippen LogP contribution in [-0.2, 0) is 6.42 Å². The molecule has 3 heterocycles. The number of halogens is 1. The van der Waals surface area contributed by atoms with Gasteiger partial charge in [0, 0.05) is 23.5 Å². The van der Waals surface area contributed by atoms with Crippen molar-refractivity contribution in [1.82, 2.24) is 14.4 Å². The van der Waals surface area contributed by atoms with E-state index in [-0.39, 0.29) is 11.8 Å². The Kier molecular flexibility index (Phi) is 4.95. The van der Waals surface area contributed by atoms with E-state index >= 15 is 0 Å². The quantitative estimate of drug-likeness (QED) is 0.498. The maximum absolute atomic E-state index is 13.1. The molecule has 0 atom stereocenters. The monoisotopic (exact) mass is 390 g/mol. The number of aromatic nitrogens is 3. The number of nitrogens with one attached hydrogen (secondary N) is 1. The minimum atomic E-state index is -0.616. The first-order valence-corrected chi connectivity index (χ1v) is 9.23. The topological polar surface area (TPSA) is 68.5 Å². The van der Waals surface area contributed by atoms with Crippen LogP contribution in [0.1, 0.15) is 28.7 Å². The molecule has 0 saturated heterocycles. The van der Waals surface area contributed by atoms with Gasteiger partial charge >= 0.3 is 0 Å². The number of ether oxygens (including phenoxy) is 1. The van der Waals surface area contributed by atoms with E-state index in [1.807, 2.05) is 29.7 Å². The minimum Gasteiger partial charge on any atom is -0.439 e. The summed E-state index contributed by atoms with van der Waals surface area (Å²) >= 11 is 0. The van der Waals surface area contributed by atoms with Crippen LogP contribution >= 0.6 is 0 Å². The van der Waals surface area contributed by atoms with Gasteiger partial charge in [0.15, 0.2) is 0 Å². The minimum absolute atomic E-state index is 0.151. The van der Waals surface area contributed by atoms with Crippen LogP contribution in [0.5, 0.6) is 11.6 Å². The molecule has 0 spiro atoms. The van der Waals surface area contributed by atoms with Crippen LogP contribution in [0.3, 0.4) is 0 Å². The van der Waals surface area contributed by atoms with Gasteiger partial charge in [-0.25, -0.2) is 4.98 Å². The van der Waals surface area contributed by atoms with Gasteiger partial charge in [0.05, 0.1) is 11.4 Å². The van der Waals surface area contributed by atoms with Crippen LogP contribution < -0.4 is 10.1 Å². The molecule has 1 aromatic carbocycles. The molecule has 146 valence electrons. The Bertz CT molecular complexity index is 1190. The highest BCUT2D eigenvalue weighted by atomic mass is 19.1. The molecule has 3 aromatic heterocycles. The third-order valence-corrected chi connectivity index (χ3v) is 4.58. The third kappa shape index (κ3) is 3.94. The molecule has 1 amide bonds. The van der Waals surface area contributed by atoms with E-state index in [0.29, 0.717) is 17.0 Å². The number of carbonyl (C=O) groups is 1. The maximum Gasteiger partial charge on any atom is 0.255 e. The number of aryl methyl sites for hydroxylation is 2. The molecular formula is C22H19FN4O2. The molecule has 0 aliphatic rings. The molecule has 0 unspecified atom stereocenters. The van der Waals surface area contributed by atoms with Crippen LogP contribution in [0.15, 0.2) is 60.8 Å². The Morgan fingerprint density at radius 2 is 1.90 bits per heavy atom. The number of imidazole rings is 1. The van der Waals surface area contributed by atoms with Crippen LogP contribution in [0.4, 0.5) is 10.1 Å². The fourth-order valence-electron chi connectivity index (χ4n) is 3.06. The van der Waals surface area contributed by atoms with E-state index in [1.165, 1.54) is 12.1 Å². The van der Waals surface area contributed by atoms with Gasteiger partial charge < -0.3 is 14.5 Å². The molecule has 0 saturated carbocycles. The summed E-state index contributed by atoms with van der Waals surface area (Å²) in [6, 6.07) is 14.6. The number of hydrogen-bond acceptors (Lipinski definition) is 4. The van der Waals surface area contributed by atoms with Crippen molar-refractivity contribution in [2.45, 2.75) is 20.3 Å². The van der Waals surface area contributed by atoms with Crippen molar-refractivity contribution in [3.05, 3.63) is 83.7 Å². The Morgan fingerprint density at radius 1 is 1.10 bits per heavy atom. The molecule has 4 rings (SSSR count). The molecule has 29 heavy (non-hydrogen) atoms. The number of carbonyl (C=O) groups excluding carboxylic acids is 1. The second kappa shape index (κ2) is 7.71. The molecule has 0 aliphatic heterocycles. The largest absolute Gasteiger partial charge is 0.439 e. The van der Waals surface area contributed by atoms with Gasteiger partial charge in [-0.15, -0.1) is 0 Å². The zero-order chi connectivity index (χ0) is 20.4. The van der Waals surface area contributed by atoms with Gasteiger partial charge in [0.25, 0.3) is 5.91 Å². The predicted molar refractivity (Wildman–Crippen MR) is 108 cm³/mol. The summed E-state index contributed by atoms with van der Waals surface area (Å²) in [6.07, 6.45) is 2.72. The number of pyridine rings is 2. The van der Waals surface area contributed by atoms with E-state index in [1.54, 1.807) is 30.3 Å². The molecule has 0 bridgehead atoms. The van der Waals surface area contributed by atoms with Crippen molar-refractivity contribution >= 4 is 17.2 Å². The molecule has 4 aromatic rings. The van der Waals surface area contributed by atoms with Gasteiger partial charge in [-0.1, -0.05) is 13.0 Å². The van der Waals surface area contributed by atoms with Crippen LogP contribution in [0.2, 0.25) is 0 Å². The second-order valence-corrected chi connectivity index (χ2v) is 6.52. The van der Waals surface area contributed by atoms with Gasteiger partial charge in [-0.05, 0) is 55.8 Å².